The molecule has 0 heterocycles. The van der Waals surface area contributed by atoms with Crippen LogP contribution in [0.1, 0.15) is 58.1 Å². The molecule has 0 saturated carbocycles. The molecule has 1 N–H and O–H groups in total. The SMILES string of the molecule is CCCNC(CCCC(C)C)c1ccc(Cl)cc1OC. The van der Waals surface area contributed by atoms with Crippen LogP contribution in [-0.2, 0) is 0 Å². The molecule has 0 bridgehead atoms. The van der Waals surface area contributed by atoms with Gasteiger partial charge in [-0.3, -0.25) is 0 Å². The standard InChI is InChI=1S/C17H28ClNO/c1-5-11-19-16(8-6-7-13(2)3)15-10-9-14(18)12-17(15)20-4/h9-10,12-13,16,19H,5-8,11H2,1-4H3. The maximum atomic E-state index is 6.05. The van der Waals surface area contributed by atoms with Crippen LogP contribution in [0.5, 0.6) is 5.75 Å². The molecule has 114 valence electrons. The van der Waals surface area contributed by atoms with Gasteiger partial charge in [0.1, 0.15) is 5.75 Å². The number of halogens is 1. The Kier molecular flexibility index (Phi) is 8.01. The van der Waals surface area contributed by atoms with Crippen molar-refractivity contribution >= 4 is 11.6 Å². The van der Waals surface area contributed by atoms with E-state index in [0.29, 0.717) is 6.04 Å². The molecule has 20 heavy (non-hydrogen) atoms. The summed E-state index contributed by atoms with van der Waals surface area (Å²) in [6.07, 6.45) is 4.76. The smallest absolute Gasteiger partial charge is 0.125 e. The van der Waals surface area contributed by atoms with Crippen molar-refractivity contribution in [2.24, 2.45) is 5.92 Å². The van der Waals surface area contributed by atoms with Crippen molar-refractivity contribution in [3.05, 3.63) is 28.8 Å². The van der Waals surface area contributed by atoms with Crippen molar-refractivity contribution in [2.45, 2.75) is 52.5 Å². The first-order valence-corrected chi connectivity index (χ1v) is 8.03. The Bertz CT molecular complexity index is 393. The van der Waals surface area contributed by atoms with Crippen LogP contribution in [0.25, 0.3) is 0 Å². The summed E-state index contributed by atoms with van der Waals surface area (Å²) in [5.41, 5.74) is 1.22. The van der Waals surface area contributed by atoms with E-state index < -0.39 is 0 Å². The van der Waals surface area contributed by atoms with E-state index in [0.717, 1.165) is 36.1 Å². The van der Waals surface area contributed by atoms with Crippen molar-refractivity contribution in [3.63, 3.8) is 0 Å². The van der Waals surface area contributed by atoms with Crippen LogP contribution in [-0.4, -0.2) is 13.7 Å². The molecule has 2 nitrogen and oxygen atoms in total. The number of rotatable bonds is 9. The molecule has 1 aromatic carbocycles. The van der Waals surface area contributed by atoms with Gasteiger partial charge in [-0.2, -0.15) is 0 Å². The van der Waals surface area contributed by atoms with Gasteiger partial charge in [-0.25, -0.2) is 0 Å². The van der Waals surface area contributed by atoms with Gasteiger partial charge in [-0.05, 0) is 37.4 Å². The van der Waals surface area contributed by atoms with Crippen LogP contribution in [0, 0.1) is 5.92 Å². The second kappa shape index (κ2) is 9.25. The third-order valence-corrected chi connectivity index (χ3v) is 3.72. The summed E-state index contributed by atoms with van der Waals surface area (Å²) >= 11 is 6.05. The average molecular weight is 298 g/mol. The molecule has 0 radical (unpaired) electrons. The summed E-state index contributed by atoms with van der Waals surface area (Å²) in [6, 6.07) is 6.28. The molecule has 0 spiro atoms. The molecule has 0 aliphatic heterocycles. The topological polar surface area (TPSA) is 21.3 Å². The fourth-order valence-electron chi connectivity index (χ4n) is 2.39. The van der Waals surface area contributed by atoms with Crippen LogP contribution < -0.4 is 10.1 Å². The zero-order chi connectivity index (χ0) is 15.0. The lowest BCUT2D eigenvalue weighted by Gasteiger charge is -2.22. The predicted molar refractivity (Wildman–Crippen MR) is 87.7 cm³/mol. The largest absolute Gasteiger partial charge is 0.496 e. The summed E-state index contributed by atoms with van der Waals surface area (Å²) in [5, 5.41) is 4.35. The zero-order valence-electron chi connectivity index (χ0n) is 13.2. The van der Waals surface area contributed by atoms with Gasteiger partial charge in [-0.15, -0.1) is 0 Å². The molecule has 1 aromatic rings. The number of nitrogens with one attached hydrogen (secondary N) is 1. The molecule has 0 aromatic heterocycles. The Morgan fingerprint density at radius 1 is 1.25 bits per heavy atom. The maximum absolute atomic E-state index is 6.05. The summed E-state index contributed by atoms with van der Waals surface area (Å²) < 4.78 is 5.49. The molecule has 1 unspecified atom stereocenters. The lowest BCUT2D eigenvalue weighted by molar-refractivity contribution is 0.388. The number of benzene rings is 1. The lowest BCUT2D eigenvalue weighted by Crippen LogP contribution is -2.22. The molecule has 0 aliphatic rings. The molecule has 3 heteroatoms. The van der Waals surface area contributed by atoms with Crippen LogP contribution in [0.2, 0.25) is 5.02 Å². The van der Waals surface area contributed by atoms with E-state index in [9.17, 15) is 0 Å². The van der Waals surface area contributed by atoms with Crippen molar-refractivity contribution in [1.29, 1.82) is 0 Å². The number of ether oxygens (including phenoxy) is 1. The minimum absolute atomic E-state index is 0.348. The highest BCUT2D eigenvalue weighted by Gasteiger charge is 2.15. The molecule has 0 amide bonds. The molecule has 0 fully saturated rings. The lowest BCUT2D eigenvalue weighted by atomic mass is 9.97. The predicted octanol–water partition coefficient (Wildman–Crippen LogP) is 5.22. The van der Waals surface area contributed by atoms with Crippen LogP contribution in [0.3, 0.4) is 0 Å². The number of hydrogen-bond acceptors (Lipinski definition) is 2. The Morgan fingerprint density at radius 2 is 2.00 bits per heavy atom. The highest BCUT2D eigenvalue weighted by molar-refractivity contribution is 6.30. The molecule has 1 rings (SSSR count). The molecule has 0 saturated heterocycles. The second-order valence-electron chi connectivity index (χ2n) is 5.72. The fourth-order valence-corrected chi connectivity index (χ4v) is 2.55. The molecule has 0 aliphatic carbocycles. The maximum Gasteiger partial charge on any atom is 0.125 e. The van der Waals surface area contributed by atoms with Gasteiger partial charge < -0.3 is 10.1 Å². The van der Waals surface area contributed by atoms with Gasteiger partial charge in [0.25, 0.3) is 0 Å². The normalized spacial score (nSPS) is 12.7. The van der Waals surface area contributed by atoms with E-state index in [1.807, 2.05) is 12.1 Å². The van der Waals surface area contributed by atoms with E-state index in [1.165, 1.54) is 18.4 Å². The molecular formula is C17H28ClNO. The van der Waals surface area contributed by atoms with E-state index in [2.05, 4.69) is 32.2 Å². The fraction of sp³-hybridized carbons (Fsp3) is 0.647. The summed E-state index contributed by atoms with van der Waals surface area (Å²) in [6.45, 7) is 7.77. The first-order valence-electron chi connectivity index (χ1n) is 7.65. The van der Waals surface area contributed by atoms with Crippen molar-refractivity contribution < 1.29 is 4.74 Å². The van der Waals surface area contributed by atoms with Crippen molar-refractivity contribution in [1.82, 2.24) is 5.32 Å². The zero-order valence-corrected chi connectivity index (χ0v) is 14.0. The van der Waals surface area contributed by atoms with E-state index in [-0.39, 0.29) is 0 Å². The van der Waals surface area contributed by atoms with Gasteiger partial charge in [0.15, 0.2) is 0 Å². The Hall–Kier alpha value is -0.730. The van der Waals surface area contributed by atoms with Crippen molar-refractivity contribution in [3.8, 4) is 5.75 Å². The van der Waals surface area contributed by atoms with Gasteiger partial charge in [0.05, 0.1) is 7.11 Å². The van der Waals surface area contributed by atoms with Crippen LogP contribution in [0.15, 0.2) is 18.2 Å². The first kappa shape index (κ1) is 17.3. The van der Waals surface area contributed by atoms with E-state index in [4.69, 9.17) is 16.3 Å². The summed E-state index contributed by atoms with van der Waals surface area (Å²) in [4.78, 5) is 0. The van der Waals surface area contributed by atoms with Gasteiger partial charge >= 0.3 is 0 Å². The minimum Gasteiger partial charge on any atom is -0.496 e. The summed E-state index contributed by atoms with van der Waals surface area (Å²) in [7, 11) is 1.71. The Balaban J connectivity index is 2.80. The highest BCUT2D eigenvalue weighted by Crippen LogP contribution is 2.31. The third kappa shape index (κ3) is 5.72. The van der Waals surface area contributed by atoms with Gasteiger partial charge in [0, 0.05) is 16.6 Å². The third-order valence-electron chi connectivity index (χ3n) is 3.49. The number of methoxy groups -OCH3 is 1. The minimum atomic E-state index is 0.348. The Morgan fingerprint density at radius 3 is 2.60 bits per heavy atom. The highest BCUT2D eigenvalue weighted by atomic mass is 35.5. The van der Waals surface area contributed by atoms with E-state index in [1.54, 1.807) is 7.11 Å². The Labute approximate surface area is 128 Å². The second-order valence-corrected chi connectivity index (χ2v) is 6.15. The summed E-state index contributed by atoms with van der Waals surface area (Å²) in [5.74, 6) is 1.64. The van der Waals surface area contributed by atoms with Crippen molar-refractivity contribution in [2.75, 3.05) is 13.7 Å². The van der Waals surface area contributed by atoms with Crippen LogP contribution >= 0.6 is 11.6 Å². The van der Waals surface area contributed by atoms with E-state index >= 15 is 0 Å². The molecule has 1 atom stereocenters. The monoisotopic (exact) mass is 297 g/mol. The van der Waals surface area contributed by atoms with Gasteiger partial charge in [-0.1, -0.05) is 51.3 Å². The first-order chi connectivity index (χ1) is 9.58. The van der Waals surface area contributed by atoms with Gasteiger partial charge in [0.2, 0.25) is 0 Å². The quantitative estimate of drug-likeness (QED) is 0.675. The molecular weight excluding hydrogens is 270 g/mol. The number of hydrogen-bond donors (Lipinski definition) is 1. The average Bonchev–Trinajstić information content (AvgIpc) is 2.42. The van der Waals surface area contributed by atoms with Crippen LogP contribution in [0.4, 0.5) is 0 Å².